The Balaban J connectivity index is 1.47. The number of hydrogen-bond acceptors (Lipinski definition) is 23. The van der Waals surface area contributed by atoms with Crippen molar-refractivity contribution >= 4 is 121 Å². The number of carbonyl (C=O) groups excluding carboxylic acids is 14. The maximum atomic E-state index is 15.4. The van der Waals surface area contributed by atoms with Crippen LogP contribution in [0.2, 0.25) is 0 Å². The molecule has 0 bridgehead atoms. The van der Waals surface area contributed by atoms with Crippen LogP contribution in [-0.2, 0) is 97.6 Å². The van der Waals surface area contributed by atoms with Crippen LogP contribution in [0, 0.1) is 0 Å². The van der Waals surface area contributed by atoms with Gasteiger partial charge in [0, 0.05) is 54.3 Å². The topological polar surface area (TPSA) is 613 Å². The molecule has 6 unspecified atom stereocenters. The number of para-hydroxylation sites is 1. The van der Waals surface area contributed by atoms with Crippen LogP contribution < -0.4 is 92.1 Å². The molecule has 1 fully saturated rings. The number of fused-ring (bicyclic) bond motifs is 1. The number of carboxylic acid groups (broad SMARTS) is 1. The van der Waals surface area contributed by atoms with Crippen LogP contribution in [0.1, 0.15) is 88.0 Å². The van der Waals surface area contributed by atoms with Crippen LogP contribution >= 0.6 is 21.6 Å². The number of aliphatic hydroxyl groups excluding tert-OH is 3. The molecule has 6 rings (SSSR count). The zero-order valence-corrected chi connectivity index (χ0v) is 65.4. The molecule has 1 aliphatic rings. The van der Waals surface area contributed by atoms with Gasteiger partial charge in [0.15, 0.2) is 0 Å². The van der Waals surface area contributed by atoms with Gasteiger partial charge in [0.25, 0.3) is 0 Å². The van der Waals surface area contributed by atoms with E-state index in [4.69, 9.17) is 22.9 Å². The Morgan fingerprint density at radius 2 is 0.852 bits per heavy atom. The van der Waals surface area contributed by atoms with Crippen molar-refractivity contribution < 1.29 is 92.3 Å². The Hall–Kier alpha value is -11.1. The second kappa shape index (κ2) is 47.6. The lowest BCUT2D eigenvalue weighted by molar-refractivity contribution is -0.142. The standard InChI is InChI=1S/C76H104N18O19S2/c1-41(79)64(100)82-37-61(99)83-58-39-114-115-40-59(76(112)113)92-72(108)57(38-95)91-75(111)63(43(3)97)94-71(107)54(33-46-23-11-6-12-24-46)90-74(110)62(42(2)96)93-66(102)51(28-16-18-30-78)84-69(105)55(34-47-36-81-49-26-14-13-25-48(47)49)88-68(104)53(32-45-21-9-5-10-22-45)86-67(103)52(31-44-19-7-4-8-20-44)87-70(106)56(35-60(80)98)89-65(101)50(85-73(58)109)27-15-17-29-77/h4-14,19-26,36,41-43,50-59,62-63,81,95-97H,15-18,27-35,37-40,77-79H2,1-3H3,(H2,80,98)(H,82,100)(H,83,99)(H,84,105)(H,85,109)(H,86,103)(H,87,106)(H,88,104)(H,89,101)(H,90,110)(H,91,111)(H,92,108)(H,93,102)(H,94,107)(H,112,113)/t41-,42+,43+,50?,51?,52?,53-,54?,55?,56-,57?,58-,59+,62-,63-/m0/s1. The zero-order chi connectivity index (χ0) is 84.3. The van der Waals surface area contributed by atoms with Crippen molar-refractivity contribution in [2.45, 2.75) is 182 Å². The van der Waals surface area contributed by atoms with E-state index in [-0.39, 0.29) is 70.9 Å². The Labute approximate surface area is 670 Å². The highest BCUT2D eigenvalue weighted by atomic mass is 33.1. The second-order valence-electron chi connectivity index (χ2n) is 27.6. The summed E-state index contributed by atoms with van der Waals surface area (Å²) in [5.41, 5.74) is 25.6. The van der Waals surface area contributed by atoms with E-state index < -0.39 is 210 Å². The molecule has 14 amide bonds. The monoisotopic (exact) mass is 1640 g/mol. The normalized spacial score (nSPS) is 23.7. The van der Waals surface area contributed by atoms with Gasteiger partial charge in [0.2, 0.25) is 82.7 Å². The molecule has 26 N–H and O–H groups in total. The summed E-state index contributed by atoms with van der Waals surface area (Å²) in [4.78, 5) is 217. The fourth-order valence-electron chi connectivity index (χ4n) is 11.9. The van der Waals surface area contributed by atoms with Gasteiger partial charge < -0.3 is 117 Å². The van der Waals surface area contributed by atoms with Gasteiger partial charge in [-0.15, -0.1) is 0 Å². The van der Waals surface area contributed by atoms with Gasteiger partial charge in [-0.2, -0.15) is 0 Å². The van der Waals surface area contributed by atoms with Crippen molar-refractivity contribution in [2.24, 2.45) is 22.9 Å². The molecule has 4 aromatic carbocycles. The van der Waals surface area contributed by atoms with Gasteiger partial charge in [-0.3, -0.25) is 67.1 Å². The average molecular weight is 1640 g/mol. The lowest BCUT2D eigenvalue weighted by atomic mass is 10.00. The Bertz CT molecular complexity index is 4130. The van der Waals surface area contributed by atoms with E-state index in [9.17, 15) is 78.0 Å². The number of carbonyl (C=O) groups is 15. The zero-order valence-electron chi connectivity index (χ0n) is 63.8. The molecule has 0 radical (unpaired) electrons. The predicted molar refractivity (Wildman–Crippen MR) is 425 cm³/mol. The Morgan fingerprint density at radius 1 is 0.470 bits per heavy atom. The number of hydrogen-bond donors (Lipinski definition) is 22. The summed E-state index contributed by atoms with van der Waals surface area (Å²) in [5.74, 6) is -17.7. The van der Waals surface area contributed by atoms with E-state index in [0.717, 1.165) is 35.4 Å². The van der Waals surface area contributed by atoms with Crippen LogP contribution in [0.5, 0.6) is 0 Å². The smallest absolute Gasteiger partial charge is 0.327 e. The Kier molecular flexibility index (Phi) is 38.4. The van der Waals surface area contributed by atoms with E-state index in [1.54, 1.807) is 121 Å². The van der Waals surface area contributed by atoms with Gasteiger partial charge in [-0.25, -0.2) is 4.79 Å². The summed E-state index contributed by atoms with van der Waals surface area (Å²) < 4.78 is 0. The van der Waals surface area contributed by atoms with Crippen LogP contribution in [-0.4, -0.2) is 243 Å². The highest BCUT2D eigenvalue weighted by Crippen LogP contribution is 2.25. The summed E-state index contributed by atoms with van der Waals surface area (Å²) in [6.07, 6.45) is -3.48. The highest BCUT2D eigenvalue weighted by molar-refractivity contribution is 8.76. The molecule has 37 nitrogen and oxygen atoms in total. The minimum Gasteiger partial charge on any atom is -0.480 e. The number of H-pyrrole nitrogens is 1. The molecular formula is C76H104N18O19S2. The lowest BCUT2D eigenvalue weighted by Gasteiger charge is -2.29. The van der Waals surface area contributed by atoms with E-state index in [2.05, 4.69) is 74.1 Å². The SMILES string of the molecule is C[C@H](N)C(=O)NCC(=O)N[C@H]1CSSC[C@H](C(=O)O)NC(=O)C(CO)NC(=O)[C@H]([C@@H](C)O)NC(=O)C(Cc2ccccc2)NC(=O)[C@H]([C@@H](C)O)NC(=O)C(CCCCN)NC(=O)C(Cc2c[nH]c3ccccc23)NC(=O)[C@H](Cc2ccccc2)NC(=O)C(Cc2ccccc2)NC(=O)[C@H](CC(N)=O)NC(=O)C(CCCCN)NC1=O. The molecule has 115 heavy (non-hydrogen) atoms. The fourth-order valence-corrected chi connectivity index (χ4v) is 14.3. The number of aromatic amines is 1. The first-order chi connectivity index (χ1) is 54.9. The average Bonchev–Trinajstić information content (AvgIpc) is 1.71. The van der Waals surface area contributed by atoms with E-state index in [1.807, 2.05) is 0 Å². The third-order valence-electron chi connectivity index (χ3n) is 18.3. The minimum atomic E-state index is -1.99. The predicted octanol–water partition coefficient (Wildman–Crippen LogP) is -4.91. The molecule has 15 atom stereocenters. The number of aliphatic hydroxyl groups is 3. The van der Waals surface area contributed by atoms with Gasteiger partial charge in [-0.1, -0.05) is 131 Å². The fraction of sp³-hybridized carbons (Fsp3) is 0.461. The van der Waals surface area contributed by atoms with Gasteiger partial charge in [0.05, 0.1) is 37.8 Å². The summed E-state index contributed by atoms with van der Waals surface area (Å²) in [6, 6.07) is 9.57. The first-order valence-electron chi connectivity index (χ1n) is 37.4. The highest BCUT2D eigenvalue weighted by Gasteiger charge is 2.40. The van der Waals surface area contributed by atoms with Gasteiger partial charge in [0.1, 0.15) is 72.5 Å². The molecule has 0 saturated carbocycles. The van der Waals surface area contributed by atoms with E-state index in [0.29, 0.717) is 39.6 Å². The molecule has 2 heterocycles. The maximum absolute atomic E-state index is 15.4. The number of unbranched alkanes of at least 4 members (excludes halogenated alkanes) is 2. The summed E-state index contributed by atoms with van der Waals surface area (Å²) in [6.45, 7) is 1.88. The van der Waals surface area contributed by atoms with E-state index in [1.165, 1.54) is 6.92 Å². The summed E-state index contributed by atoms with van der Waals surface area (Å²) in [7, 11) is 1.49. The quantitative estimate of drug-likeness (QED) is 0.0182. The number of amides is 14. The summed E-state index contributed by atoms with van der Waals surface area (Å²) in [5, 5.41) is 76.1. The minimum absolute atomic E-state index is 0.104. The van der Waals surface area contributed by atoms with Crippen LogP contribution in [0.3, 0.4) is 0 Å². The van der Waals surface area contributed by atoms with Crippen molar-refractivity contribution in [1.82, 2.24) is 74.1 Å². The van der Waals surface area contributed by atoms with Crippen molar-refractivity contribution in [3.63, 3.8) is 0 Å². The number of primary amides is 1. The van der Waals surface area contributed by atoms with Crippen LogP contribution in [0.25, 0.3) is 10.9 Å². The summed E-state index contributed by atoms with van der Waals surface area (Å²) >= 11 is 0. The number of carboxylic acids is 1. The third kappa shape index (κ3) is 30.7. The molecule has 1 saturated heterocycles. The number of aliphatic carboxylic acids is 1. The van der Waals surface area contributed by atoms with Crippen molar-refractivity contribution in [1.29, 1.82) is 0 Å². The number of rotatable bonds is 26. The molecular weight excluding hydrogens is 1530 g/mol. The first kappa shape index (κ1) is 92.8. The van der Waals surface area contributed by atoms with E-state index >= 15 is 14.4 Å². The largest absolute Gasteiger partial charge is 0.480 e. The van der Waals surface area contributed by atoms with Crippen molar-refractivity contribution in [2.75, 3.05) is 37.7 Å². The van der Waals surface area contributed by atoms with Crippen molar-refractivity contribution in [3.05, 3.63) is 144 Å². The molecule has 39 heteroatoms. The second-order valence-corrected chi connectivity index (χ2v) is 30.1. The van der Waals surface area contributed by atoms with Crippen molar-refractivity contribution in [3.8, 4) is 0 Å². The number of aromatic nitrogens is 1. The number of nitrogens with one attached hydrogen (secondary N) is 14. The maximum Gasteiger partial charge on any atom is 0.327 e. The van der Waals surface area contributed by atoms with Crippen LogP contribution in [0.15, 0.2) is 121 Å². The van der Waals surface area contributed by atoms with Crippen LogP contribution in [0.4, 0.5) is 0 Å². The third-order valence-corrected chi connectivity index (χ3v) is 20.7. The molecule has 0 spiro atoms. The van der Waals surface area contributed by atoms with Gasteiger partial charge >= 0.3 is 5.97 Å². The Morgan fingerprint density at radius 3 is 1.30 bits per heavy atom. The molecule has 1 aliphatic heterocycles. The molecule has 0 aliphatic carbocycles. The first-order valence-corrected chi connectivity index (χ1v) is 39.8. The lowest BCUT2D eigenvalue weighted by Crippen LogP contribution is -2.63. The van der Waals surface area contributed by atoms with Gasteiger partial charge in [-0.05, 0) is 101 Å². The molecule has 5 aromatic rings. The number of benzene rings is 4. The molecule has 1 aromatic heterocycles. The number of nitrogens with two attached hydrogens (primary N) is 4. The molecule has 624 valence electrons.